The maximum Gasteiger partial charge on any atom is 0.420 e. The molecule has 0 saturated carbocycles. The van der Waals surface area contributed by atoms with Gasteiger partial charge in [-0.2, -0.15) is 4.90 Å². The third kappa shape index (κ3) is 8.07. The Morgan fingerprint density at radius 2 is 1.50 bits per heavy atom. The van der Waals surface area contributed by atoms with Gasteiger partial charge >= 0.3 is 18.2 Å². The Hall–Kier alpha value is -2.75. The fourth-order valence-corrected chi connectivity index (χ4v) is 2.91. The summed E-state index contributed by atoms with van der Waals surface area (Å²) >= 11 is 0. The topological polar surface area (TPSA) is 119 Å². The maximum atomic E-state index is 14.2. The van der Waals surface area contributed by atoms with Crippen molar-refractivity contribution in [3.63, 3.8) is 0 Å². The van der Waals surface area contributed by atoms with E-state index < -0.39 is 53.0 Å². The predicted molar refractivity (Wildman–Crippen MR) is 113 cm³/mol. The monoisotopic (exact) mass is 458 g/mol. The standard InChI is InChI=1S/C22H32F2N2O6/c1-21(2,3)31-19(29)26(20(30)32-22(4,5)6)16(18(27)28)11-10-13(12-25)14-8-7-9-15(23)17(14)24/h7-9,13,16H,10-12,25H2,1-6H3,(H,27,28)/t13?,16-/m0/s1. The number of benzene rings is 1. The van der Waals surface area contributed by atoms with E-state index in [1.54, 1.807) is 41.5 Å². The molecule has 32 heavy (non-hydrogen) atoms. The molecule has 10 heteroatoms. The Bertz CT molecular complexity index is 805. The number of carbonyl (C=O) groups is 3. The third-order valence-electron chi connectivity index (χ3n) is 4.27. The van der Waals surface area contributed by atoms with Gasteiger partial charge in [-0.15, -0.1) is 0 Å². The zero-order valence-corrected chi connectivity index (χ0v) is 19.3. The molecule has 1 aromatic rings. The molecule has 3 N–H and O–H groups in total. The van der Waals surface area contributed by atoms with Crippen LogP contribution in [0.3, 0.4) is 0 Å². The minimum Gasteiger partial charge on any atom is -0.480 e. The first-order chi connectivity index (χ1) is 14.6. The Kier molecular flexibility index (Phi) is 9.13. The number of rotatable bonds is 7. The van der Waals surface area contributed by atoms with Crippen molar-refractivity contribution in [3.8, 4) is 0 Å². The molecular weight excluding hydrogens is 426 g/mol. The third-order valence-corrected chi connectivity index (χ3v) is 4.27. The van der Waals surface area contributed by atoms with Crippen molar-refractivity contribution in [2.24, 2.45) is 5.73 Å². The molecule has 0 aliphatic heterocycles. The Labute approximate surface area is 186 Å². The van der Waals surface area contributed by atoms with Crippen LogP contribution in [-0.2, 0) is 14.3 Å². The number of amides is 2. The van der Waals surface area contributed by atoms with Crippen LogP contribution in [0.2, 0.25) is 0 Å². The molecule has 2 atom stereocenters. The van der Waals surface area contributed by atoms with E-state index in [9.17, 15) is 28.3 Å². The van der Waals surface area contributed by atoms with Gasteiger partial charge < -0.3 is 20.3 Å². The quantitative estimate of drug-likeness (QED) is 0.621. The fraction of sp³-hybridized carbons (Fsp3) is 0.591. The second-order valence-corrected chi connectivity index (χ2v) is 9.34. The number of aliphatic carboxylic acids is 1. The van der Waals surface area contributed by atoms with E-state index in [0.717, 1.165) is 6.07 Å². The van der Waals surface area contributed by atoms with Gasteiger partial charge in [0.1, 0.15) is 17.2 Å². The highest BCUT2D eigenvalue weighted by molar-refractivity contribution is 5.93. The smallest absolute Gasteiger partial charge is 0.420 e. The van der Waals surface area contributed by atoms with Crippen molar-refractivity contribution in [3.05, 3.63) is 35.4 Å². The van der Waals surface area contributed by atoms with Crippen LogP contribution in [0.5, 0.6) is 0 Å². The molecule has 180 valence electrons. The minimum atomic E-state index is -1.68. The molecule has 1 aromatic carbocycles. The van der Waals surface area contributed by atoms with Crippen LogP contribution in [-0.4, -0.2) is 52.0 Å². The zero-order chi connectivity index (χ0) is 24.9. The van der Waals surface area contributed by atoms with E-state index in [1.165, 1.54) is 12.1 Å². The number of ether oxygens (including phenoxy) is 2. The van der Waals surface area contributed by atoms with Gasteiger partial charge in [0.2, 0.25) is 0 Å². The Morgan fingerprint density at radius 3 is 1.91 bits per heavy atom. The number of imide groups is 1. The van der Waals surface area contributed by atoms with Crippen LogP contribution < -0.4 is 5.73 Å². The van der Waals surface area contributed by atoms with Crippen LogP contribution in [0, 0.1) is 11.6 Å². The fourth-order valence-electron chi connectivity index (χ4n) is 2.91. The molecule has 0 fully saturated rings. The summed E-state index contributed by atoms with van der Waals surface area (Å²) in [5.41, 5.74) is 3.68. The average molecular weight is 459 g/mol. The molecule has 2 amide bonds. The molecule has 0 heterocycles. The molecule has 1 rings (SSSR count). The number of hydrogen-bond acceptors (Lipinski definition) is 6. The molecule has 0 saturated heterocycles. The van der Waals surface area contributed by atoms with Crippen LogP contribution in [0.1, 0.15) is 65.9 Å². The highest BCUT2D eigenvalue weighted by Crippen LogP contribution is 2.27. The lowest BCUT2D eigenvalue weighted by molar-refractivity contribution is -0.143. The second kappa shape index (κ2) is 10.7. The van der Waals surface area contributed by atoms with Gasteiger partial charge in [-0.1, -0.05) is 12.1 Å². The lowest BCUT2D eigenvalue weighted by Crippen LogP contribution is -2.52. The van der Waals surface area contributed by atoms with Crippen molar-refractivity contribution in [1.82, 2.24) is 4.90 Å². The predicted octanol–water partition coefficient (Wildman–Crippen LogP) is 4.41. The summed E-state index contributed by atoms with van der Waals surface area (Å²) in [7, 11) is 0. The lowest BCUT2D eigenvalue weighted by atomic mass is 9.91. The van der Waals surface area contributed by atoms with Crippen molar-refractivity contribution >= 4 is 18.2 Å². The normalized spacial score (nSPS) is 13.8. The number of hydrogen-bond donors (Lipinski definition) is 2. The van der Waals surface area contributed by atoms with Crippen LogP contribution >= 0.6 is 0 Å². The zero-order valence-electron chi connectivity index (χ0n) is 19.3. The number of nitrogens with zero attached hydrogens (tertiary/aromatic N) is 1. The van der Waals surface area contributed by atoms with Gasteiger partial charge in [-0.25, -0.2) is 23.2 Å². The van der Waals surface area contributed by atoms with E-state index >= 15 is 0 Å². The molecular formula is C22H32F2N2O6. The Morgan fingerprint density at radius 1 is 1.00 bits per heavy atom. The minimum absolute atomic E-state index is 0.0160. The average Bonchev–Trinajstić information content (AvgIpc) is 2.60. The first kappa shape index (κ1) is 27.3. The van der Waals surface area contributed by atoms with Crippen LogP contribution in [0.25, 0.3) is 0 Å². The lowest BCUT2D eigenvalue weighted by Gasteiger charge is -2.32. The number of carboxylic acids is 1. The van der Waals surface area contributed by atoms with E-state index in [-0.39, 0.29) is 24.9 Å². The SMILES string of the molecule is CC(C)(C)OC(=O)N(C(=O)OC(C)(C)C)[C@@H](CCC(CN)c1cccc(F)c1F)C(=O)O. The summed E-state index contributed by atoms with van der Waals surface area (Å²) in [6, 6.07) is 1.95. The van der Waals surface area contributed by atoms with Crippen molar-refractivity contribution < 1.29 is 37.7 Å². The van der Waals surface area contributed by atoms with Crippen molar-refractivity contribution in [2.45, 2.75) is 77.5 Å². The van der Waals surface area contributed by atoms with Gasteiger partial charge in [0.25, 0.3) is 0 Å². The molecule has 0 bridgehead atoms. The summed E-state index contributed by atoms with van der Waals surface area (Å²) in [4.78, 5) is 37.9. The number of carbonyl (C=O) groups excluding carboxylic acids is 2. The van der Waals surface area contributed by atoms with Gasteiger partial charge in [0, 0.05) is 0 Å². The van der Waals surface area contributed by atoms with Crippen molar-refractivity contribution in [2.75, 3.05) is 6.54 Å². The highest BCUT2D eigenvalue weighted by Gasteiger charge is 2.40. The Balaban J connectivity index is 3.24. The van der Waals surface area contributed by atoms with Gasteiger partial charge in [0.05, 0.1) is 0 Å². The maximum absolute atomic E-state index is 14.2. The summed E-state index contributed by atoms with van der Waals surface area (Å²) in [6.45, 7) is 9.26. The van der Waals surface area contributed by atoms with E-state index in [1.807, 2.05) is 0 Å². The summed E-state index contributed by atoms with van der Waals surface area (Å²) in [5, 5.41) is 9.77. The first-order valence-electron chi connectivity index (χ1n) is 10.2. The molecule has 0 spiro atoms. The van der Waals surface area contributed by atoms with Gasteiger partial charge in [0.15, 0.2) is 11.6 Å². The van der Waals surface area contributed by atoms with E-state index in [0.29, 0.717) is 4.90 Å². The summed E-state index contributed by atoms with van der Waals surface area (Å²) in [6.07, 6.45) is -2.72. The first-order valence-corrected chi connectivity index (χ1v) is 10.2. The summed E-state index contributed by atoms with van der Waals surface area (Å²) < 4.78 is 38.2. The summed E-state index contributed by atoms with van der Waals surface area (Å²) in [5.74, 6) is -4.37. The molecule has 0 aromatic heterocycles. The van der Waals surface area contributed by atoms with Crippen LogP contribution in [0.4, 0.5) is 18.4 Å². The molecule has 8 nitrogen and oxygen atoms in total. The number of carboxylic acid groups (broad SMARTS) is 1. The van der Waals surface area contributed by atoms with E-state index in [2.05, 4.69) is 0 Å². The number of nitrogens with two attached hydrogens (primary N) is 1. The van der Waals surface area contributed by atoms with Gasteiger partial charge in [-0.3, -0.25) is 0 Å². The highest BCUT2D eigenvalue weighted by atomic mass is 19.2. The molecule has 0 aliphatic rings. The molecule has 1 unspecified atom stereocenters. The number of halogens is 2. The van der Waals surface area contributed by atoms with Gasteiger partial charge in [-0.05, 0) is 78.5 Å². The van der Waals surface area contributed by atoms with Crippen molar-refractivity contribution in [1.29, 1.82) is 0 Å². The largest absolute Gasteiger partial charge is 0.480 e. The molecule has 0 radical (unpaired) electrons. The van der Waals surface area contributed by atoms with Crippen LogP contribution in [0.15, 0.2) is 18.2 Å². The second-order valence-electron chi connectivity index (χ2n) is 9.34. The molecule has 0 aliphatic carbocycles. The van der Waals surface area contributed by atoms with E-state index in [4.69, 9.17) is 15.2 Å².